The van der Waals surface area contributed by atoms with Crippen molar-refractivity contribution in [2.75, 3.05) is 17.2 Å². The van der Waals surface area contributed by atoms with Crippen LogP contribution in [0.5, 0.6) is 0 Å². The van der Waals surface area contributed by atoms with E-state index in [1.807, 2.05) is 42.5 Å². The molecule has 41 heavy (non-hydrogen) atoms. The highest BCUT2D eigenvalue weighted by Gasteiger charge is 2.62. The van der Waals surface area contributed by atoms with Gasteiger partial charge >= 0.3 is 0 Å². The van der Waals surface area contributed by atoms with Gasteiger partial charge in [-0.3, -0.25) is 4.79 Å². The van der Waals surface area contributed by atoms with Gasteiger partial charge in [0.1, 0.15) is 17.7 Å². The van der Waals surface area contributed by atoms with E-state index in [0.29, 0.717) is 60.7 Å². The van der Waals surface area contributed by atoms with Crippen molar-refractivity contribution in [1.82, 2.24) is 9.97 Å². The number of hydrogen-bond acceptors (Lipinski definition) is 7. The number of aromatic nitrogens is 2. The van der Waals surface area contributed by atoms with Gasteiger partial charge in [-0.15, -0.1) is 0 Å². The number of benzene rings is 2. The number of hydrogen-bond donors (Lipinski definition) is 2. The number of nitrogens with zero attached hydrogens (tertiary/aromatic N) is 2. The molecule has 0 atom stereocenters. The Morgan fingerprint density at radius 2 is 1.68 bits per heavy atom. The average Bonchev–Trinajstić information content (AvgIpc) is 2.97. The second-order valence-electron chi connectivity index (χ2n) is 13.0. The number of nitrogens with one attached hydrogen (secondary N) is 2. The molecule has 1 amide bonds. The lowest BCUT2D eigenvalue weighted by atomic mass is 9.50. The number of carbonyl (C=O) groups is 1. The molecule has 214 valence electrons. The number of fused-ring (bicyclic) bond motifs is 1. The standard InChI is InChI=1S/C32H35ClN4O4/c33-24-2-1-3-25(15-24)36-29-27-16-26(4-5-28(27)34-18-35-29)37-30(38)21-6-8-31(9-7-21)39-17-32(41-40-31)22-11-19-10-20(13-22)14-23(32)12-19/h1-5,15-16,18-23H,6-14,17H2,(H,37,38)(H,34,35,36). The van der Waals surface area contributed by atoms with Gasteiger partial charge in [0.2, 0.25) is 11.7 Å². The van der Waals surface area contributed by atoms with Crippen LogP contribution >= 0.6 is 11.6 Å². The van der Waals surface area contributed by atoms with Crippen molar-refractivity contribution >= 4 is 45.6 Å². The van der Waals surface area contributed by atoms with Crippen LogP contribution in [-0.4, -0.2) is 33.9 Å². The molecular weight excluding hydrogens is 540 g/mol. The number of anilines is 3. The number of halogens is 1. The molecular formula is C32H35ClN4O4. The van der Waals surface area contributed by atoms with Crippen molar-refractivity contribution in [3.8, 4) is 0 Å². The summed E-state index contributed by atoms with van der Waals surface area (Å²) in [5, 5.41) is 7.89. The van der Waals surface area contributed by atoms with Crippen LogP contribution in [0, 0.1) is 29.6 Å². The molecule has 2 aromatic carbocycles. The summed E-state index contributed by atoms with van der Waals surface area (Å²) in [7, 11) is 0. The lowest BCUT2D eigenvalue weighted by molar-refractivity contribution is -0.538. The Morgan fingerprint density at radius 1 is 0.902 bits per heavy atom. The fourth-order valence-corrected chi connectivity index (χ4v) is 8.72. The Bertz CT molecular complexity index is 1450. The highest BCUT2D eigenvalue weighted by atomic mass is 35.5. The molecule has 6 aliphatic rings. The molecule has 9 heteroatoms. The van der Waals surface area contributed by atoms with Gasteiger partial charge in [-0.2, -0.15) is 0 Å². The van der Waals surface area contributed by atoms with Crippen LogP contribution in [0.3, 0.4) is 0 Å². The second kappa shape index (κ2) is 9.90. The van der Waals surface area contributed by atoms with Gasteiger partial charge in [-0.1, -0.05) is 17.7 Å². The molecule has 2 spiro atoms. The zero-order chi connectivity index (χ0) is 27.6. The largest absolute Gasteiger partial charge is 0.344 e. The fourth-order valence-electron chi connectivity index (χ4n) is 8.53. The highest BCUT2D eigenvalue weighted by molar-refractivity contribution is 6.30. The molecule has 9 rings (SSSR count). The SMILES string of the molecule is O=C(Nc1ccc2ncnc(Nc3cccc(Cl)c3)c2c1)C1CCC2(CC1)OCC1(OO2)C2CC3CC(C2)CC1C3. The van der Waals surface area contributed by atoms with Crippen molar-refractivity contribution < 1.29 is 19.3 Å². The molecule has 8 nitrogen and oxygen atoms in total. The first kappa shape index (κ1) is 25.9. The highest BCUT2D eigenvalue weighted by Crippen LogP contribution is 2.61. The predicted octanol–water partition coefficient (Wildman–Crippen LogP) is 7.03. The van der Waals surface area contributed by atoms with E-state index in [4.69, 9.17) is 26.1 Å². The van der Waals surface area contributed by atoms with Gasteiger partial charge in [0.05, 0.1) is 12.1 Å². The lowest BCUT2D eigenvalue weighted by Gasteiger charge is -2.62. The van der Waals surface area contributed by atoms with Gasteiger partial charge in [-0.05, 0) is 105 Å². The third kappa shape index (κ3) is 4.60. The van der Waals surface area contributed by atoms with E-state index in [-0.39, 0.29) is 17.4 Å². The number of amides is 1. The zero-order valence-corrected chi connectivity index (χ0v) is 23.7. The van der Waals surface area contributed by atoms with Crippen molar-refractivity contribution in [2.45, 2.75) is 69.2 Å². The quantitative estimate of drug-likeness (QED) is 0.323. The summed E-state index contributed by atoms with van der Waals surface area (Å²) in [5.74, 6) is 2.69. The summed E-state index contributed by atoms with van der Waals surface area (Å²) in [6, 6.07) is 13.2. The van der Waals surface area contributed by atoms with Crippen LogP contribution in [-0.2, 0) is 19.3 Å². The van der Waals surface area contributed by atoms with Crippen LogP contribution in [0.1, 0.15) is 57.8 Å². The van der Waals surface area contributed by atoms with Crippen molar-refractivity contribution in [3.05, 3.63) is 53.8 Å². The maximum absolute atomic E-state index is 13.3. The van der Waals surface area contributed by atoms with Gasteiger partial charge in [0.15, 0.2) is 0 Å². The first-order valence-corrected chi connectivity index (χ1v) is 15.4. The van der Waals surface area contributed by atoms with Crippen LogP contribution in [0.15, 0.2) is 48.8 Å². The van der Waals surface area contributed by atoms with Gasteiger partial charge in [0.25, 0.3) is 0 Å². The number of ether oxygens (including phenoxy) is 1. The molecule has 5 saturated carbocycles. The van der Waals surface area contributed by atoms with Crippen molar-refractivity contribution in [1.29, 1.82) is 0 Å². The molecule has 1 aromatic heterocycles. The summed E-state index contributed by atoms with van der Waals surface area (Å²) in [6.07, 6.45) is 10.7. The number of rotatable bonds is 4. The summed E-state index contributed by atoms with van der Waals surface area (Å²) in [5.41, 5.74) is 2.07. The first-order chi connectivity index (χ1) is 20.0. The zero-order valence-electron chi connectivity index (χ0n) is 23.0. The molecule has 2 N–H and O–H groups in total. The maximum Gasteiger partial charge on any atom is 0.227 e. The molecule has 0 unspecified atom stereocenters. The van der Waals surface area contributed by atoms with E-state index in [1.165, 1.54) is 38.4 Å². The third-order valence-electron chi connectivity index (χ3n) is 10.5. The van der Waals surface area contributed by atoms with Crippen LogP contribution in [0.25, 0.3) is 10.9 Å². The topological polar surface area (TPSA) is 94.6 Å². The maximum atomic E-state index is 13.3. The number of carbonyl (C=O) groups excluding carboxylic acids is 1. The van der Waals surface area contributed by atoms with Gasteiger partial charge in [-0.25, -0.2) is 19.7 Å². The first-order valence-electron chi connectivity index (χ1n) is 15.1. The molecule has 5 aliphatic carbocycles. The Hall–Kier alpha value is -2.78. The van der Waals surface area contributed by atoms with E-state index in [2.05, 4.69) is 20.6 Å². The molecule has 1 saturated heterocycles. The lowest BCUT2D eigenvalue weighted by Crippen LogP contribution is -2.65. The Kier molecular flexibility index (Phi) is 6.25. The smallest absolute Gasteiger partial charge is 0.227 e. The van der Waals surface area contributed by atoms with Gasteiger partial charge in [0, 0.05) is 40.5 Å². The molecule has 0 radical (unpaired) electrons. The minimum atomic E-state index is -0.724. The molecule has 6 fully saturated rings. The van der Waals surface area contributed by atoms with Crippen LogP contribution < -0.4 is 10.6 Å². The summed E-state index contributed by atoms with van der Waals surface area (Å²) in [4.78, 5) is 34.7. The fraction of sp³-hybridized carbons (Fsp3) is 0.531. The summed E-state index contributed by atoms with van der Waals surface area (Å²) >= 11 is 6.15. The van der Waals surface area contributed by atoms with E-state index >= 15 is 0 Å². The minimum Gasteiger partial charge on any atom is -0.344 e. The van der Waals surface area contributed by atoms with Crippen molar-refractivity contribution in [3.63, 3.8) is 0 Å². The average molecular weight is 575 g/mol. The summed E-state index contributed by atoms with van der Waals surface area (Å²) < 4.78 is 6.54. The Labute approximate surface area is 244 Å². The van der Waals surface area contributed by atoms with Gasteiger partial charge < -0.3 is 15.4 Å². The second-order valence-corrected chi connectivity index (χ2v) is 13.4. The minimum absolute atomic E-state index is 0.00892. The normalized spacial score (nSPS) is 35.7. The van der Waals surface area contributed by atoms with E-state index in [1.54, 1.807) is 0 Å². The van der Waals surface area contributed by atoms with E-state index in [0.717, 1.165) is 28.4 Å². The Balaban J connectivity index is 0.909. The molecule has 2 heterocycles. The van der Waals surface area contributed by atoms with E-state index < -0.39 is 5.79 Å². The van der Waals surface area contributed by atoms with Crippen LogP contribution in [0.4, 0.5) is 17.2 Å². The third-order valence-corrected chi connectivity index (χ3v) is 10.8. The molecule has 4 bridgehead atoms. The summed E-state index contributed by atoms with van der Waals surface area (Å²) in [6.45, 7) is 0.628. The molecule has 1 aliphatic heterocycles. The monoisotopic (exact) mass is 574 g/mol. The van der Waals surface area contributed by atoms with Crippen molar-refractivity contribution in [2.24, 2.45) is 29.6 Å². The van der Waals surface area contributed by atoms with E-state index in [9.17, 15) is 4.79 Å². The van der Waals surface area contributed by atoms with Crippen LogP contribution in [0.2, 0.25) is 5.02 Å². The molecule has 3 aromatic rings. The predicted molar refractivity (Wildman–Crippen MR) is 155 cm³/mol. The Morgan fingerprint density at radius 3 is 2.39 bits per heavy atom.